The zero-order valence-corrected chi connectivity index (χ0v) is 13.4. The van der Waals surface area contributed by atoms with E-state index in [2.05, 4.69) is 4.99 Å². The first kappa shape index (κ1) is 18.0. The van der Waals surface area contributed by atoms with Crippen LogP contribution < -0.4 is 11.1 Å². The minimum Gasteiger partial charge on any atom is -0.405 e. The number of hydrogen-bond donors (Lipinski definition) is 3. The number of halogens is 1. The summed E-state index contributed by atoms with van der Waals surface area (Å²) in [5.74, 6) is -0.882. The molecule has 0 radical (unpaired) electrons. The molecule has 5 nitrogen and oxygen atoms in total. The lowest BCUT2D eigenvalue weighted by Crippen LogP contribution is -2.71. The third-order valence-corrected chi connectivity index (χ3v) is 3.15. The highest BCUT2D eigenvalue weighted by molar-refractivity contribution is 6.70. The van der Waals surface area contributed by atoms with Gasteiger partial charge in [-0.15, -0.1) is 0 Å². The van der Waals surface area contributed by atoms with Gasteiger partial charge in [-0.2, -0.15) is 0 Å². The van der Waals surface area contributed by atoms with Gasteiger partial charge in [0, 0.05) is 12.1 Å². The summed E-state index contributed by atoms with van der Waals surface area (Å²) in [7, 11) is 0. The molecule has 2 rings (SSSR count). The maximum Gasteiger partial charge on any atom is 0.210 e. The summed E-state index contributed by atoms with van der Waals surface area (Å²) in [6.45, 7) is 0. The van der Waals surface area contributed by atoms with E-state index in [1.807, 2.05) is 18.2 Å². The fraction of sp³-hybridized carbons (Fsp3) is 0. The number of ketones is 1. The van der Waals surface area contributed by atoms with Gasteiger partial charge in [-0.05, 0) is 36.5 Å². The molecule has 0 amide bonds. The monoisotopic (exact) mass is 337 g/mol. The molecule has 25 heavy (non-hydrogen) atoms. The van der Waals surface area contributed by atoms with Crippen LogP contribution in [0.5, 0.6) is 0 Å². The van der Waals surface area contributed by atoms with Gasteiger partial charge in [-0.3, -0.25) is 15.5 Å². The van der Waals surface area contributed by atoms with E-state index in [0.29, 0.717) is 11.4 Å². The van der Waals surface area contributed by atoms with Crippen molar-refractivity contribution >= 4 is 28.6 Å². The molecular formula is C19H18FN4O+. The van der Waals surface area contributed by atoms with E-state index in [9.17, 15) is 9.18 Å². The van der Waals surface area contributed by atoms with Gasteiger partial charge in [-0.1, -0.05) is 24.3 Å². The van der Waals surface area contributed by atoms with E-state index in [4.69, 9.17) is 11.1 Å². The predicted octanol–water partition coefficient (Wildman–Crippen LogP) is 2.37. The maximum atomic E-state index is 13.1. The molecule has 0 atom stereocenters. The highest BCUT2D eigenvalue weighted by Crippen LogP contribution is 2.11. The molecule has 0 heterocycles. The molecule has 2 aromatic carbocycles. The highest BCUT2D eigenvalue weighted by Gasteiger charge is 2.12. The fourth-order valence-electron chi connectivity index (χ4n) is 1.98. The average Bonchev–Trinajstić information content (AvgIpc) is 2.61. The number of allylic oxidation sites excluding steroid dienone is 2. The van der Waals surface area contributed by atoms with E-state index in [1.165, 1.54) is 36.7 Å². The minimum atomic E-state index is -0.527. The maximum absolute atomic E-state index is 13.1. The van der Waals surface area contributed by atoms with Gasteiger partial charge in [0.2, 0.25) is 5.78 Å². The van der Waals surface area contributed by atoms with Crippen molar-refractivity contribution in [3.8, 4) is 0 Å². The molecule has 0 aliphatic carbocycles. The van der Waals surface area contributed by atoms with Crippen molar-refractivity contribution in [2.45, 2.75) is 0 Å². The molecule has 5 N–H and O–H groups in total. The molecular weight excluding hydrogens is 319 g/mol. The van der Waals surface area contributed by atoms with Crippen LogP contribution in [0.3, 0.4) is 0 Å². The second-order valence-electron chi connectivity index (χ2n) is 5.01. The van der Waals surface area contributed by atoms with Crippen LogP contribution in [0.25, 0.3) is 0 Å². The topological polar surface area (TPSA) is 95.9 Å². The number of nitrogens with two attached hydrogens (primary N) is 2. The molecule has 2 aromatic rings. The SMILES string of the molecule is N=C(C(=O)C=C[NH2+]c1cccc(F)c1)C(C=CN)=Nc1ccccc1. The molecule has 6 heteroatoms. The quantitative estimate of drug-likeness (QED) is 0.411. The summed E-state index contributed by atoms with van der Waals surface area (Å²) in [6.07, 6.45) is 5.33. The Hall–Kier alpha value is -3.38. The van der Waals surface area contributed by atoms with Gasteiger partial charge in [0.25, 0.3) is 0 Å². The van der Waals surface area contributed by atoms with Crippen LogP contribution in [-0.4, -0.2) is 17.2 Å². The molecule has 0 aliphatic rings. The largest absolute Gasteiger partial charge is 0.405 e. The van der Waals surface area contributed by atoms with Crippen molar-refractivity contribution < 1.29 is 14.5 Å². The summed E-state index contributed by atoms with van der Waals surface area (Å²) in [5, 5.41) is 9.59. The third kappa shape index (κ3) is 5.63. The van der Waals surface area contributed by atoms with E-state index < -0.39 is 5.78 Å². The van der Waals surface area contributed by atoms with Gasteiger partial charge < -0.3 is 5.73 Å². The summed E-state index contributed by atoms with van der Waals surface area (Å²) in [6, 6.07) is 15.0. The molecule has 0 spiro atoms. The number of nitrogens with zero attached hydrogens (tertiary/aromatic N) is 1. The van der Waals surface area contributed by atoms with Gasteiger partial charge >= 0.3 is 0 Å². The van der Waals surface area contributed by atoms with E-state index in [-0.39, 0.29) is 17.2 Å². The van der Waals surface area contributed by atoms with Crippen molar-refractivity contribution in [1.29, 1.82) is 5.41 Å². The number of aliphatic imine (C=N–C) groups is 1. The van der Waals surface area contributed by atoms with E-state index in [0.717, 1.165) is 0 Å². The number of nitrogens with one attached hydrogen (secondary N) is 1. The Morgan fingerprint density at radius 3 is 2.56 bits per heavy atom. The lowest BCUT2D eigenvalue weighted by atomic mass is 10.1. The van der Waals surface area contributed by atoms with E-state index >= 15 is 0 Å². The van der Waals surface area contributed by atoms with Crippen molar-refractivity contribution in [3.63, 3.8) is 0 Å². The number of rotatable bonds is 7. The first-order chi connectivity index (χ1) is 12.1. The Morgan fingerprint density at radius 1 is 1.12 bits per heavy atom. The lowest BCUT2D eigenvalue weighted by Gasteiger charge is -2.01. The molecule has 0 unspecified atom stereocenters. The van der Waals surface area contributed by atoms with Crippen molar-refractivity contribution in [3.05, 3.63) is 85.0 Å². The molecule has 0 fully saturated rings. The van der Waals surface area contributed by atoms with Crippen LogP contribution in [-0.2, 0) is 4.79 Å². The Labute approximate surface area is 144 Å². The summed E-state index contributed by atoms with van der Waals surface area (Å²) in [5.41, 5.74) is 6.50. The zero-order valence-electron chi connectivity index (χ0n) is 13.4. The minimum absolute atomic E-state index is 0.161. The smallest absolute Gasteiger partial charge is 0.210 e. The van der Waals surface area contributed by atoms with Gasteiger partial charge in [0.1, 0.15) is 23.4 Å². The molecule has 0 bridgehead atoms. The van der Waals surface area contributed by atoms with Crippen LogP contribution in [0.1, 0.15) is 0 Å². The lowest BCUT2D eigenvalue weighted by molar-refractivity contribution is -0.496. The van der Waals surface area contributed by atoms with Crippen LogP contribution in [0, 0.1) is 11.2 Å². The van der Waals surface area contributed by atoms with Crippen LogP contribution >= 0.6 is 0 Å². The standard InChI is InChI=1S/C19H17FN4O/c20-14-5-4-8-16(13-14)23-12-10-18(25)19(22)17(9-11-21)24-15-6-2-1-3-7-15/h1-13,22-23H,21H2/p+1. The second kappa shape index (κ2) is 9.05. The van der Waals surface area contributed by atoms with E-state index in [1.54, 1.807) is 29.6 Å². The third-order valence-electron chi connectivity index (χ3n) is 3.15. The summed E-state index contributed by atoms with van der Waals surface area (Å²) < 4.78 is 13.1. The van der Waals surface area contributed by atoms with Crippen LogP contribution in [0.15, 0.2) is 84.1 Å². The Bertz CT molecular complexity index is 842. The number of carbonyl (C=O) groups is 1. The molecule has 0 saturated heterocycles. The highest BCUT2D eigenvalue weighted by atomic mass is 19.1. The fourth-order valence-corrected chi connectivity index (χ4v) is 1.98. The Morgan fingerprint density at radius 2 is 1.88 bits per heavy atom. The summed E-state index contributed by atoms with van der Waals surface area (Å²) >= 11 is 0. The van der Waals surface area contributed by atoms with Crippen LogP contribution in [0.4, 0.5) is 15.8 Å². The van der Waals surface area contributed by atoms with Crippen molar-refractivity contribution in [1.82, 2.24) is 0 Å². The predicted molar refractivity (Wildman–Crippen MR) is 96.7 cm³/mol. The number of para-hydroxylation sites is 1. The first-order valence-corrected chi connectivity index (χ1v) is 7.52. The van der Waals surface area contributed by atoms with Crippen molar-refractivity contribution in [2.24, 2.45) is 10.7 Å². The van der Waals surface area contributed by atoms with Gasteiger partial charge in [-0.25, -0.2) is 9.38 Å². The zero-order chi connectivity index (χ0) is 18.1. The molecule has 0 aliphatic heterocycles. The normalized spacial score (nSPS) is 12.0. The number of hydrogen-bond acceptors (Lipinski definition) is 4. The van der Waals surface area contributed by atoms with Gasteiger partial charge in [0.15, 0.2) is 0 Å². The van der Waals surface area contributed by atoms with Crippen LogP contribution in [0.2, 0.25) is 0 Å². The van der Waals surface area contributed by atoms with Crippen molar-refractivity contribution in [2.75, 3.05) is 0 Å². The van der Waals surface area contributed by atoms with Gasteiger partial charge in [0.05, 0.1) is 11.4 Å². The number of benzene rings is 2. The first-order valence-electron chi connectivity index (χ1n) is 7.52. The second-order valence-corrected chi connectivity index (χ2v) is 5.01. The Kier molecular flexibility index (Phi) is 6.50. The number of quaternary nitrogens is 1. The Balaban J connectivity index is 2.09. The summed E-state index contributed by atoms with van der Waals surface area (Å²) in [4.78, 5) is 16.4. The molecule has 126 valence electrons. The average molecular weight is 337 g/mol. The molecule has 0 aromatic heterocycles. The molecule has 0 saturated carbocycles. The number of carbonyl (C=O) groups excluding carboxylic acids is 1.